The van der Waals surface area contributed by atoms with E-state index in [0.717, 1.165) is 16.8 Å². The molecule has 0 aromatic heterocycles. The molecule has 0 aliphatic carbocycles. The minimum Gasteiger partial charge on any atom is -0.446 e. The Morgan fingerprint density at radius 3 is 2.26 bits per heavy atom. The fourth-order valence-electron chi connectivity index (χ4n) is 4.55. The number of carbonyl (C=O) groups is 1. The number of methoxy groups -OCH3 is 1. The second-order valence-electron chi connectivity index (χ2n) is 9.25. The molecule has 0 saturated carbocycles. The summed E-state index contributed by atoms with van der Waals surface area (Å²) in [6.07, 6.45) is -1.85. The number of hydrogen-bond acceptors (Lipinski definition) is 8. The Bertz CT molecular complexity index is 1150. The minimum absolute atomic E-state index is 0.171. The van der Waals surface area contributed by atoms with E-state index in [-0.39, 0.29) is 23.7 Å². The Balaban J connectivity index is 1.65. The van der Waals surface area contributed by atoms with E-state index in [4.69, 9.17) is 9.47 Å². The highest BCUT2D eigenvalue weighted by atomic mass is 32.2. The van der Waals surface area contributed by atoms with Crippen molar-refractivity contribution in [2.75, 3.05) is 52.9 Å². The number of ether oxygens (including phenoxy) is 2. The number of carbonyl (C=O) groups excluding carboxylic acids is 1. The van der Waals surface area contributed by atoms with Crippen LogP contribution in [0.25, 0.3) is 11.1 Å². The second kappa shape index (κ2) is 10.0. The SMILES string of the molecule is COC(O)N1c2ccc(-c3ccc(N4CCS(=O)(=O)CC4)cc3)cc2N(C(=O)OC(C)C)C[C@@H]1C. The van der Waals surface area contributed by atoms with Gasteiger partial charge in [0, 0.05) is 38.5 Å². The van der Waals surface area contributed by atoms with Crippen molar-refractivity contribution in [3.8, 4) is 11.1 Å². The van der Waals surface area contributed by atoms with E-state index in [9.17, 15) is 18.3 Å². The summed E-state index contributed by atoms with van der Waals surface area (Å²) in [5.74, 6) is 0.342. The molecule has 190 valence electrons. The first-order valence-electron chi connectivity index (χ1n) is 11.8. The van der Waals surface area contributed by atoms with Crippen molar-refractivity contribution in [3.05, 3.63) is 42.5 Å². The molecule has 4 rings (SSSR count). The minimum atomic E-state index is -2.94. The standard InChI is InChI=1S/C25H33N3O6S/c1-17(2)34-24(29)27-16-18(3)28(25(30)33-4)22-10-7-20(15-23(22)27)19-5-8-21(9-6-19)26-11-13-35(31,32)14-12-26/h5-10,15,17-18,25,30H,11-14,16H2,1-4H3/t18-,25?/m0/s1. The Morgan fingerprint density at radius 1 is 1.03 bits per heavy atom. The van der Waals surface area contributed by atoms with Crippen LogP contribution in [0.4, 0.5) is 21.9 Å². The highest BCUT2D eigenvalue weighted by Crippen LogP contribution is 2.40. The largest absolute Gasteiger partial charge is 0.446 e. The normalized spacial score (nSPS) is 20.5. The molecule has 2 aromatic carbocycles. The van der Waals surface area contributed by atoms with Crippen LogP contribution in [0.5, 0.6) is 0 Å². The smallest absolute Gasteiger partial charge is 0.414 e. The summed E-state index contributed by atoms with van der Waals surface area (Å²) in [7, 11) is -1.50. The number of aliphatic hydroxyl groups excluding tert-OH is 1. The maximum Gasteiger partial charge on any atom is 0.414 e. The van der Waals surface area contributed by atoms with Crippen molar-refractivity contribution in [3.63, 3.8) is 0 Å². The van der Waals surface area contributed by atoms with Gasteiger partial charge in [0.2, 0.25) is 6.41 Å². The zero-order valence-corrected chi connectivity index (χ0v) is 21.4. The van der Waals surface area contributed by atoms with Gasteiger partial charge in [0.05, 0.1) is 29.0 Å². The van der Waals surface area contributed by atoms with E-state index in [0.29, 0.717) is 31.0 Å². The molecule has 0 bridgehead atoms. The maximum absolute atomic E-state index is 12.9. The third-order valence-electron chi connectivity index (χ3n) is 6.38. The molecule has 0 radical (unpaired) electrons. The van der Waals surface area contributed by atoms with Crippen molar-refractivity contribution in [1.29, 1.82) is 0 Å². The highest BCUT2D eigenvalue weighted by molar-refractivity contribution is 7.91. The zero-order chi connectivity index (χ0) is 25.3. The summed E-state index contributed by atoms with van der Waals surface area (Å²) < 4.78 is 34.1. The van der Waals surface area contributed by atoms with Gasteiger partial charge in [0.1, 0.15) is 0 Å². The first kappa shape index (κ1) is 25.3. The zero-order valence-electron chi connectivity index (χ0n) is 20.5. The Hall–Kier alpha value is -2.82. The molecule has 10 heteroatoms. The molecular formula is C25H33N3O6S. The Morgan fingerprint density at radius 2 is 1.66 bits per heavy atom. The predicted octanol–water partition coefficient (Wildman–Crippen LogP) is 3.07. The van der Waals surface area contributed by atoms with Crippen molar-refractivity contribution in [1.82, 2.24) is 0 Å². The topological polar surface area (TPSA) is 99.6 Å². The van der Waals surface area contributed by atoms with Crippen LogP contribution in [0, 0.1) is 0 Å². The second-order valence-corrected chi connectivity index (χ2v) is 11.6. The van der Waals surface area contributed by atoms with Crippen LogP contribution in [0.1, 0.15) is 20.8 Å². The first-order chi connectivity index (χ1) is 16.6. The predicted molar refractivity (Wildman–Crippen MR) is 137 cm³/mol. The van der Waals surface area contributed by atoms with Gasteiger partial charge in [-0.3, -0.25) is 4.90 Å². The van der Waals surface area contributed by atoms with Crippen molar-refractivity contribution < 1.29 is 27.8 Å². The third kappa shape index (κ3) is 5.39. The molecule has 2 aliphatic heterocycles. The van der Waals surface area contributed by atoms with Gasteiger partial charge in [-0.25, -0.2) is 13.2 Å². The summed E-state index contributed by atoms with van der Waals surface area (Å²) in [6, 6.07) is 13.5. The van der Waals surface area contributed by atoms with Crippen molar-refractivity contribution in [2.45, 2.75) is 39.3 Å². The van der Waals surface area contributed by atoms with Crippen molar-refractivity contribution >= 4 is 33.0 Å². The lowest BCUT2D eigenvalue weighted by Gasteiger charge is -2.43. The average Bonchev–Trinajstić information content (AvgIpc) is 2.82. The fraction of sp³-hybridized carbons (Fsp3) is 0.480. The van der Waals surface area contributed by atoms with Crippen LogP contribution in [0.3, 0.4) is 0 Å². The van der Waals surface area contributed by atoms with E-state index in [1.807, 2.05) is 63.2 Å². The molecule has 2 aromatic rings. The number of amides is 1. The van der Waals surface area contributed by atoms with Gasteiger partial charge in [-0.15, -0.1) is 0 Å². The molecule has 1 saturated heterocycles. The van der Waals surface area contributed by atoms with Crippen molar-refractivity contribution in [2.24, 2.45) is 0 Å². The lowest BCUT2D eigenvalue weighted by molar-refractivity contribution is -0.0785. The van der Waals surface area contributed by atoms with Crippen LogP contribution in [-0.2, 0) is 19.3 Å². The monoisotopic (exact) mass is 503 g/mol. The lowest BCUT2D eigenvalue weighted by Crippen LogP contribution is -2.54. The molecule has 1 unspecified atom stereocenters. The molecule has 0 spiro atoms. The van der Waals surface area contributed by atoms with Crippen LogP contribution < -0.4 is 14.7 Å². The molecule has 1 N–H and O–H groups in total. The van der Waals surface area contributed by atoms with Gasteiger partial charge in [-0.05, 0) is 56.2 Å². The number of benzene rings is 2. The molecular weight excluding hydrogens is 470 g/mol. The average molecular weight is 504 g/mol. The molecule has 2 aliphatic rings. The summed E-state index contributed by atoms with van der Waals surface area (Å²) in [4.78, 5) is 18.3. The van der Waals surface area contributed by atoms with Gasteiger partial charge >= 0.3 is 6.09 Å². The van der Waals surface area contributed by atoms with E-state index >= 15 is 0 Å². The third-order valence-corrected chi connectivity index (χ3v) is 7.99. The summed E-state index contributed by atoms with van der Waals surface area (Å²) >= 11 is 0. The summed E-state index contributed by atoms with van der Waals surface area (Å²) in [5.41, 5.74) is 4.14. The van der Waals surface area contributed by atoms with E-state index in [1.165, 1.54) is 7.11 Å². The number of hydrogen-bond donors (Lipinski definition) is 1. The molecule has 1 amide bonds. The highest BCUT2D eigenvalue weighted by Gasteiger charge is 2.36. The molecule has 35 heavy (non-hydrogen) atoms. The number of fused-ring (bicyclic) bond motifs is 1. The Kier molecular flexibility index (Phi) is 7.25. The number of nitrogens with zero attached hydrogens (tertiary/aromatic N) is 3. The lowest BCUT2D eigenvalue weighted by atomic mass is 10.0. The van der Waals surface area contributed by atoms with Gasteiger partial charge in [-0.2, -0.15) is 0 Å². The fourth-order valence-corrected chi connectivity index (χ4v) is 5.75. The van der Waals surface area contributed by atoms with Crippen LogP contribution >= 0.6 is 0 Å². The van der Waals surface area contributed by atoms with E-state index in [2.05, 4.69) is 4.90 Å². The van der Waals surface area contributed by atoms with Gasteiger partial charge < -0.3 is 24.4 Å². The molecule has 2 heterocycles. The van der Waals surface area contributed by atoms with Gasteiger partial charge in [0.15, 0.2) is 9.84 Å². The number of aliphatic hydroxyl groups is 1. The van der Waals surface area contributed by atoms with E-state index in [1.54, 1.807) is 9.80 Å². The van der Waals surface area contributed by atoms with Crippen LogP contribution in [0.15, 0.2) is 42.5 Å². The number of anilines is 3. The first-order valence-corrected chi connectivity index (χ1v) is 13.6. The number of sulfone groups is 1. The summed E-state index contributed by atoms with van der Waals surface area (Å²) in [6.45, 7) is 6.84. The van der Waals surface area contributed by atoms with Crippen LogP contribution in [-0.4, -0.2) is 76.4 Å². The quantitative estimate of drug-likeness (QED) is 0.622. The summed E-state index contributed by atoms with van der Waals surface area (Å²) in [5, 5.41) is 10.5. The van der Waals surface area contributed by atoms with Gasteiger partial charge in [0.25, 0.3) is 0 Å². The Labute approximate surface area is 206 Å². The molecule has 1 fully saturated rings. The van der Waals surface area contributed by atoms with E-state index < -0.39 is 22.3 Å². The number of rotatable bonds is 5. The molecule has 2 atom stereocenters. The molecule has 9 nitrogen and oxygen atoms in total. The maximum atomic E-state index is 12.9. The van der Waals surface area contributed by atoms with Gasteiger partial charge in [-0.1, -0.05) is 18.2 Å². The van der Waals surface area contributed by atoms with Crippen LogP contribution in [0.2, 0.25) is 0 Å².